The van der Waals surface area contributed by atoms with Gasteiger partial charge in [-0.3, -0.25) is 4.79 Å². The van der Waals surface area contributed by atoms with Crippen LogP contribution >= 0.6 is 23.4 Å². The smallest absolute Gasteiger partial charge is 0.262 e. The molecular weight excluding hydrogens is 388 g/mol. The van der Waals surface area contributed by atoms with Crippen LogP contribution in [0.1, 0.15) is 5.56 Å². The lowest BCUT2D eigenvalue weighted by Crippen LogP contribution is -2.37. The fourth-order valence-electron chi connectivity index (χ4n) is 3.19. The second-order valence-corrected chi connectivity index (χ2v) is 9.67. The lowest BCUT2D eigenvalue weighted by atomic mass is 10.1. The molecule has 0 spiro atoms. The van der Waals surface area contributed by atoms with Crippen LogP contribution in [-0.4, -0.2) is 59.9 Å². The third-order valence-corrected chi connectivity index (χ3v) is 7.78. The molecule has 10 heteroatoms. The number of benzene rings is 1. The molecule has 3 aliphatic heterocycles. The molecule has 0 unspecified atom stereocenters. The Morgan fingerprint density at radius 3 is 2.92 bits per heavy atom. The van der Waals surface area contributed by atoms with Crippen molar-refractivity contribution in [2.75, 3.05) is 24.2 Å². The monoisotopic (exact) mass is 402 g/mol. The molecule has 7 nitrogen and oxygen atoms in total. The molecule has 4 rings (SSSR count). The highest BCUT2D eigenvalue weighted by Gasteiger charge is 2.48. The summed E-state index contributed by atoms with van der Waals surface area (Å²) in [4.78, 5) is 17.6. The standard InChI is InChI=1S/C15H15ClN2O5S2/c16-4-14(19)17-15-18(10-6-25(20,21)7-13(10)24-15)5-9-1-2-11-12(3-9)23-8-22-11/h1-3,10,13H,4-8H2/t10-,13+/m1/s1. The third-order valence-electron chi connectivity index (χ3n) is 4.30. The van der Waals surface area contributed by atoms with Crippen LogP contribution in [0.25, 0.3) is 0 Å². The van der Waals surface area contributed by atoms with Crippen molar-refractivity contribution < 1.29 is 22.7 Å². The van der Waals surface area contributed by atoms with E-state index < -0.39 is 15.7 Å². The molecule has 2 atom stereocenters. The maximum atomic E-state index is 12.0. The molecule has 0 radical (unpaired) electrons. The Kier molecular flexibility index (Phi) is 4.33. The fraction of sp³-hybridized carbons (Fsp3) is 0.467. The average Bonchev–Trinajstić information content (AvgIpc) is 3.21. The highest BCUT2D eigenvalue weighted by atomic mass is 35.5. The van der Waals surface area contributed by atoms with Gasteiger partial charge in [0.25, 0.3) is 5.91 Å². The molecule has 2 fully saturated rings. The van der Waals surface area contributed by atoms with Gasteiger partial charge in [-0.05, 0) is 17.7 Å². The Bertz CT molecular complexity index is 857. The maximum absolute atomic E-state index is 12.0. The minimum Gasteiger partial charge on any atom is -0.454 e. The lowest BCUT2D eigenvalue weighted by Gasteiger charge is -2.24. The van der Waals surface area contributed by atoms with Crippen molar-refractivity contribution in [3.8, 4) is 11.5 Å². The second-order valence-electron chi connectivity index (χ2n) is 6.04. The van der Waals surface area contributed by atoms with Crippen LogP contribution in [0.5, 0.6) is 11.5 Å². The molecule has 1 amide bonds. The van der Waals surface area contributed by atoms with Crippen LogP contribution in [0.2, 0.25) is 0 Å². The summed E-state index contributed by atoms with van der Waals surface area (Å²) in [6, 6.07) is 5.40. The second kappa shape index (κ2) is 6.37. The number of carbonyl (C=O) groups excluding carboxylic acids is 1. The number of nitrogens with zero attached hydrogens (tertiary/aromatic N) is 2. The number of alkyl halides is 1. The predicted molar refractivity (Wildman–Crippen MR) is 95.1 cm³/mol. The number of carbonyl (C=O) groups is 1. The lowest BCUT2D eigenvalue weighted by molar-refractivity contribution is -0.115. The SMILES string of the molecule is O=C(CCl)N=C1S[C@H]2CS(=O)(=O)C[C@H]2N1Cc1ccc2c(c1)OCO2. The van der Waals surface area contributed by atoms with Gasteiger partial charge in [0.05, 0.1) is 17.5 Å². The van der Waals surface area contributed by atoms with Crippen molar-refractivity contribution >= 4 is 44.3 Å². The topological polar surface area (TPSA) is 85.3 Å². The highest BCUT2D eigenvalue weighted by molar-refractivity contribution is 8.15. The van der Waals surface area contributed by atoms with E-state index in [4.69, 9.17) is 21.1 Å². The Balaban J connectivity index is 1.63. The zero-order chi connectivity index (χ0) is 17.6. The van der Waals surface area contributed by atoms with E-state index >= 15 is 0 Å². The average molecular weight is 403 g/mol. The normalized spacial score (nSPS) is 27.7. The molecule has 0 saturated carbocycles. The number of hydrogen-bond donors (Lipinski definition) is 0. The summed E-state index contributed by atoms with van der Waals surface area (Å²) in [5, 5.41) is 0.425. The number of ether oxygens (including phenoxy) is 2. The van der Waals surface area contributed by atoms with Gasteiger partial charge in [-0.25, -0.2) is 8.42 Å². The Hall–Kier alpha value is -1.45. The van der Waals surface area contributed by atoms with Crippen LogP contribution in [0.4, 0.5) is 0 Å². The van der Waals surface area contributed by atoms with E-state index in [1.807, 2.05) is 23.1 Å². The number of halogens is 1. The summed E-state index contributed by atoms with van der Waals surface area (Å²) < 4.78 is 34.6. The number of aliphatic imine (C=N–C) groups is 1. The van der Waals surface area contributed by atoms with Crippen molar-refractivity contribution in [2.24, 2.45) is 4.99 Å². The first kappa shape index (κ1) is 17.0. The Morgan fingerprint density at radius 2 is 2.12 bits per heavy atom. The van der Waals surface area contributed by atoms with Crippen molar-refractivity contribution in [1.29, 1.82) is 0 Å². The van der Waals surface area contributed by atoms with E-state index in [2.05, 4.69) is 4.99 Å². The number of rotatable bonds is 3. The minimum absolute atomic E-state index is 0.0727. The summed E-state index contributed by atoms with van der Waals surface area (Å²) >= 11 is 6.90. The van der Waals surface area contributed by atoms with Gasteiger partial charge in [0.1, 0.15) is 5.88 Å². The van der Waals surface area contributed by atoms with Crippen LogP contribution in [0.15, 0.2) is 23.2 Å². The summed E-state index contributed by atoms with van der Waals surface area (Å²) in [5.74, 6) is 0.900. The van der Waals surface area contributed by atoms with Crippen molar-refractivity contribution in [2.45, 2.75) is 17.8 Å². The van der Waals surface area contributed by atoms with E-state index in [1.54, 1.807) is 0 Å². The largest absolute Gasteiger partial charge is 0.454 e. The first-order valence-electron chi connectivity index (χ1n) is 7.65. The number of fused-ring (bicyclic) bond motifs is 2. The van der Waals surface area contributed by atoms with Crippen molar-refractivity contribution in [1.82, 2.24) is 4.90 Å². The number of hydrogen-bond acceptors (Lipinski definition) is 6. The summed E-state index contributed by atoms with van der Waals surface area (Å²) in [6.45, 7) is 0.632. The maximum Gasteiger partial charge on any atom is 0.262 e. The predicted octanol–water partition coefficient (Wildman–Crippen LogP) is 1.25. The Labute approximate surface area is 154 Å². The fourth-order valence-corrected chi connectivity index (χ4v) is 7.22. The van der Waals surface area contributed by atoms with E-state index in [-0.39, 0.29) is 35.5 Å². The molecule has 1 aromatic carbocycles. The van der Waals surface area contributed by atoms with Crippen LogP contribution in [-0.2, 0) is 21.2 Å². The van der Waals surface area contributed by atoms with Gasteiger partial charge in [0, 0.05) is 11.8 Å². The summed E-state index contributed by atoms with van der Waals surface area (Å²) in [5.41, 5.74) is 0.931. The molecule has 0 N–H and O–H groups in total. The summed E-state index contributed by atoms with van der Waals surface area (Å²) in [7, 11) is -3.07. The van der Waals surface area contributed by atoms with Gasteiger partial charge in [0.15, 0.2) is 26.5 Å². The van der Waals surface area contributed by atoms with E-state index in [0.29, 0.717) is 23.2 Å². The van der Waals surface area contributed by atoms with Gasteiger partial charge in [0.2, 0.25) is 6.79 Å². The molecule has 25 heavy (non-hydrogen) atoms. The molecular formula is C15H15ClN2O5S2. The molecule has 3 heterocycles. The minimum atomic E-state index is -3.07. The molecule has 1 aromatic rings. The zero-order valence-corrected chi connectivity index (χ0v) is 15.4. The molecule has 3 aliphatic rings. The first-order valence-corrected chi connectivity index (χ1v) is 10.9. The molecule has 0 bridgehead atoms. The first-order chi connectivity index (χ1) is 11.9. The van der Waals surface area contributed by atoms with Gasteiger partial charge in [-0.2, -0.15) is 4.99 Å². The van der Waals surface area contributed by atoms with E-state index in [9.17, 15) is 13.2 Å². The third kappa shape index (κ3) is 3.32. The van der Waals surface area contributed by atoms with E-state index in [1.165, 1.54) is 11.8 Å². The van der Waals surface area contributed by atoms with E-state index in [0.717, 1.165) is 5.56 Å². The molecule has 2 saturated heterocycles. The van der Waals surface area contributed by atoms with Crippen molar-refractivity contribution in [3.63, 3.8) is 0 Å². The van der Waals surface area contributed by atoms with Crippen LogP contribution < -0.4 is 9.47 Å². The number of thioether (sulfide) groups is 1. The van der Waals surface area contributed by atoms with Gasteiger partial charge < -0.3 is 14.4 Å². The summed E-state index contributed by atoms with van der Waals surface area (Å²) in [6.07, 6.45) is 0. The van der Waals surface area contributed by atoms with Crippen LogP contribution in [0, 0.1) is 0 Å². The molecule has 134 valence electrons. The number of amidine groups is 1. The number of amides is 1. The Morgan fingerprint density at radius 1 is 1.32 bits per heavy atom. The quantitative estimate of drug-likeness (QED) is 0.703. The van der Waals surface area contributed by atoms with Gasteiger partial charge in [-0.15, -0.1) is 11.6 Å². The van der Waals surface area contributed by atoms with Crippen LogP contribution in [0.3, 0.4) is 0 Å². The van der Waals surface area contributed by atoms with Crippen molar-refractivity contribution in [3.05, 3.63) is 23.8 Å². The molecule has 0 aliphatic carbocycles. The number of sulfone groups is 1. The molecule has 0 aromatic heterocycles. The van der Waals surface area contributed by atoms with Gasteiger partial charge in [-0.1, -0.05) is 17.8 Å². The zero-order valence-electron chi connectivity index (χ0n) is 13.1. The highest BCUT2D eigenvalue weighted by Crippen LogP contribution is 2.40. The van der Waals surface area contributed by atoms with Gasteiger partial charge >= 0.3 is 0 Å².